The van der Waals surface area contributed by atoms with Crippen molar-refractivity contribution in [1.82, 2.24) is 4.98 Å². The molecule has 0 atom stereocenters. The van der Waals surface area contributed by atoms with Gasteiger partial charge in [-0.25, -0.2) is 0 Å². The van der Waals surface area contributed by atoms with E-state index in [1.807, 2.05) is 24.5 Å². The molecule has 132 valence electrons. The first-order valence-electron chi connectivity index (χ1n) is 9.15. The lowest BCUT2D eigenvalue weighted by Gasteiger charge is -2.26. The van der Waals surface area contributed by atoms with Crippen LogP contribution < -0.4 is 4.90 Å². The Morgan fingerprint density at radius 2 is 0.852 bits per heavy atom. The second-order valence-corrected chi connectivity index (χ2v) is 6.79. The fourth-order valence-corrected chi connectivity index (χ4v) is 3.18. The monoisotopic (exact) mass is 350 g/mol. The topological polar surface area (TPSA) is 16.1 Å². The van der Waals surface area contributed by atoms with Crippen molar-refractivity contribution >= 4 is 17.1 Å². The molecule has 3 aromatic carbocycles. The van der Waals surface area contributed by atoms with E-state index >= 15 is 0 Å². The minimum Gasteiger partial charge on any atom is -0.311 e. The first kappa shape index (κ1) is 17.0. The summed E-state index contributed by atoms with van der Waals surface area (Å²) < 4.78 is 0. The number of anilines is 3. The van der Waals surface area contributed by atoms with Crippen molar-refractivity contribution in [2.45, 2.75) is 13.8 Å². The Morgan fingerprint density at radius 1 is 0.481 bits per heavy atom. The quantitative estimate of drug-likeness (QED) is 0.401. The summed E-state index contributed by atoms with van der Waals surface area (Å²) >= 11 is 0. The molecular weight excluding hydrogens is 328 g/mol. The van der Waals surface area contributed by atoms with Crippen LogP contribution in [-0.2, 0) is 0 Å². The largest absolute Gasteiger partial charge is 0.311 e. The van der Waals surface area contributed by atoms with Gasteiger partial charge in [-0.2, -0.15) is 0 Å². The Morgan fingerprint density at radius 3 is 1.30 bits per heavy atom. The second kappa shape index (κ2) is 7.46. The first-order chi connectivity index (χ1) is 13.2. The summed E-state index contributed by atoms with van der Waals surface area (Å²) in [6.45, 7) is 4.23. The number of hydrogen-bond acceptors (Lipinski definition) is 2. The molecule has 0 saturated heterocycles. The van der Waals surface area contributed by atoms with Crippen LogP contribution >= 0.6 is 0 Å². The molecule has 0 aliphatic carbocycles. The van der Waals surface area contributed by atoms with Crippen LogP contribution in [0, 0.1) is 13.8 Å². The molecule has 27 heavy (non-hydrogen) atoms. The number of benzene rings is 3. The van der Waals surface area contributed by atoms with Crippen molar-refractivity contribution < 1.29 is 0 Å². The van der Waals surface area contributed by atoms with E-state index in [1.165, 1.54) is 22.3 Å². The van der Waals surface area contributed by atoms with Gasteiger partial charge in [-0.1, -0.05) is 47.5 Å². The molecule has 0 aliphatic rings. The molecule has 1 aromatic heterocycles. The lowest BCUT2D eigenvalue weighted by molar-refractivity contribution is 1.27. The van der Waals surface area contributed by atoms with Gasteiger partial charge >= 0.3 is 0 Å². The third kappa shape index (κ3) is 3.75. The third-order valence-corrected chi connectivity index (χ3v) is 4.72. The fraction of sp³-hybridized carbons (Fsp3) is 0.0800. The molecule has 0 aliphatic heterocycles. The van der Waals surface area contributed by atoms with Crippen LogP contribution in [0.4, 0.5) is 17.1 Å². The number of hydrogen-bond donors (Lipinski definition) is 0. The van der Waals surface area contributed by atoms with Crippen molar-refractivity contribution in [3.63, 3.8) is 0 Å². The number of aromatic nitrogens is 1. The number of rotatable bonds is 4. The Kier molecular flexibility index (Phi) is 4.71. The maximum atomic E-state index is 4.10. The van der Waals surface area contributed by atoms with Crippen molar-refractivity contribution in [3.05, 3.63) is 108 Å². The highest BCUT2D eigenvalue weighted by Gasteiger charge is 2.12. The van der Waals surface area contributed by atoms with Gasteiger partial charge in [-0.15, -0.1) is 0 Å². The van der Waals surface area contributed by atoms with E-state index in [-0.39, 0.29) is 0 Å². The second-order valence-electron chi connectivity index (χ2n) is 6.79. The standard InChI is InChI=1S/C25H22N2/c1-19-3-9-23(10-4-19)27(24-11-5-20(2)6-12-24)25-13-7-21(8-14-25)22-15-17-26-18-16-22/h3-18H,1-2H3. The van der Waals surface area contributed by atoms with E-state index in [2.05, 4.69) is 96.5 Å². The van der Waals surface area contributed by atoms with Crippen LogP contribution in [0.5, 0.6) is 0 Å². The molecule has 0 spiro atoms. The Balaban J connectivity index is 1.76. The molecular formula is C25H22N2. The van der Waals surface area contributed by atoms with Crippen LogP contribution in [0.2, 0.25) is 0 Å². The predicted octanol–water partition coefficient (Wildman–Crippen LogP) is 6.84. The Labute approximate surface area is 160 Å². The highest BCUT2D eigenvalue weighted by atomic mass is 15.1. The van der Waals surface area contributed by atoms with Gasteiger partial charge in [0.25, 0.3) is 0 Å². The Hall–Kier alpha value is -3.39. The lowest BCUT2D eigenvalue weighted by atomic mass is 10.1. The van der Waals surface area contributed by atoms with Crippen LogP contribution in [0.3, 0.4) is 0 Å². The molecule has 0 unspecified atom stereocenters. The van der Waals surface area contributed by atoms with E-state index < -0.39 is 0 Å². The van der Waals surface area contributed by atoms with Gasteiger partial charge in [0, 0.05) is 29.5 Å². The van der Waals surface area contributed by atoms with Gasteiger partial charge in [0.15, 0.2) is 0 Å². The summed E-state index contributed by atoms with van der Waals surface area (Å²) in [5, 5.41) is 0. The third-order valence-electron chi connectivity index (χ3n) is 4.72. The van der Waals surface area contributed by atoms with Gasteiger partial charge in [0.2, 0.25) is 0 Å². The van der Waals surface area contributed by atoms with E-state index in [0.29, 0.717) is 0 Å². The molecule has 0 saturated carbocycles. The van der Waals surface area contributed by atoms with E-state index in [9.17, 15) is 0 Å². The molecule has 0 fully saturated rings. The van der Waals surface area contributed by atoms with Gasteiger partial charge in [-0.3, -0.25) is 4.98 Å². The molecule has 2 heteroatoms. The Bertz CT molecular complexity index is 957. The highest BCUT2D eigenvalue weighted by Crippen LogP contribution is 2.35. The zero-order chi connectivity index (χ0) is 18.6. The fourth-order valence-electron chi connectivity index (χ4n) is 3.18. The molecule has 1 heterocycles. The predicted molar refractivity (Wildman–Crippen MR) is 114 cm³/mol. The smallest absolute Gasteiger partial charge is 0.0462 e. The average molecular weight is 350 g/mol. The number of aryl methyl sites for hydroxylation is 2. The van der Waals surface area contributed by atoms with Gasteiger partial charge < -0.3 is 4.90 Å². The van der Waals surface area contributed by atoms with Crippen LogP contribution in [0.15, 0.2) is 97.3 Å². The zero-order valence-electron chi connectivity index (χ0n) is 15.6. The van der Waals surface area contributed by atoms with Crippen molar-refractivity contribution in [3.8, 4) is 11.1 Å². The van der Waals surface area contributed by atoms with Gasteiger partial charge in [-0.05, 0) is 73.5 Å². The summed E-state index contributed by atoms with van der Waals surface area (Å²) in [6.07, 6.45) is 3.66. The van der Waals surface area contributed by atoms with E-state index in [0.717, 1.165) is 17.1 Å². The molecule has 0 N–H and O–H groups in total. The minimum atomic E-state index is 1.14. The summed E-state index contributed by atoms with van der Waals surface area (Å²) in [5.74, 6) is 0. The van der Waals surface area contributed by atoms with E-state index in [1.54, 1.807) is 0 Å². The first-order valence-corrected chi connectivity index (χ1v) is 9.15. The molecule has 4 aromatic rings. The zero-order valence-corrected chi connectivity index (χ0v) is 15.6. The van der Waals surface area contributed by atoms with Crippen LogP contribution in [0.1, 0.15) is 11.1 Å². The molecule has 0 radical (unpaired) electrons. The molecule has 0 amide bonds. The number of pyridine rings is 1. The van der Waals surface area contributed by atoms with Gasteiger partial charge in [0.05, 0.1) is 0 Å². The highest BCUT2D eigenvalue weighted by molar-refractivity contribution is 5.78. The lowest BCUT2D eigenvalue weighted by Crippen LogP contribution is -2.09. The van der Waals surface area contributed by atoms with Crippen LogP contribution in [0.25, 0.3) is 11.1 Å². The summed E-state index contributed by atoms with van der Waals surface area (Å²) in [4.78, 5) is 6.39. The molecule has 0 bridgehead atoms. The summed E-state index contributed by atoms with van der Waals surface area (Å²) in [5.41, 5.74) is 8.33. The summed E-state index contributed by atoms with van der Waals surface area (Å²) in [7, 11) is 0. The normalized spacial score (nSPS) is 10.6. The van der Waals surface area contributed by atoms with Crippen molar-refractivity contribution in [2.24, 2.45) is 0 Å². The summed E-state index contributed by atoms with van der Waals surface area (Å²) in [6, 6.07) is 30.1. The van der Waals surface area contributed by atoms with Crippen molar-refractivity contribution in [2.75, 3.05) is 4.90 Å². The SMILES string of the molecule is Cc1ccc(N(c2ccc(C)cc2)c2ccc(-c3ccncc3)cc2)cc1. The molecule has 2 nitrogen and oxygen atoms in total. The minimum absolute atomic E-state index is 1.14. The molecule has 4 rings (SSSR count). The van der Waals surface area contributed by atoms with E-state index in [4.69, 9.17) is 0 Å². The van der Waals surface area contributed by atoms with Crippen molar-refractivity contribution in [1.29, 1.82) is 0 Å². The number of nitrogens with zero attached hydrogens (tertiary/aromatic N) is 2. The van der Waals surface area contributed by atoms with Gasteiger partial charge in [0.1, 0.15) is 0 Å². The van der Waals surface area contributed by atoms with Crippen LogP contribution in [-0.4, -0.2) is 4.98 Å². The average Bonchev–Trinajstić information content (AvgIpc) is 2.72. The maximum Gasteiger partial charge on any atom is 0.0462 e. The maximum absolute atomic E-state index is 4.10.